The lowest BCUT2D eigenvalue weighted by atomic mass is 9.85. The van der Waals surface area contributed by atoms with Crippen LogP contribution in [0.25, 0.3) is 11.4 Å². The van der Waals surface area contributed by atoms with E-state index in [0.29, 0.717) is 42.7 Å². The molecule has 2 aromatic rings. The molecule has 0 aliphatic carbocycles. The molecule has 8 nitrogen and oxygen atoms in total. The number of carbonyl (C=O) groups excluding carboxylic acids is 2. The fourth-order valence-corrected chi connectivity index (χ4v) is 5.34. The van der Waals surface area contributed by atoms with Gasteiger partial charge in [-0.1, -0.05) is 32.4 Å². The van der Waals surface area contributed by atoms with Gasteiger partial charge in [0.25, 0.3) is 5.91 Å². The van der Waals surface area contributed by atoms with Gasteiger partial charge < -0.3 is 24.4 Å². The highest BCUT2D eigenvalue weighted by molar-refractivity contribution is 6.30. The Morgan fingerprint density at radius 1 is 1.19 bits per heavy atom. The Kier molecular flexibility index (Phi) is 7.97. The second-order valence-electron chi connectivity index (χ2n) is 11.4. The number of aromatic nitrogens is 2. The van der Waals surface area contributed by atoms with Gasteiger partial charge in [0.1, 0.15) is 17.7 Å². The molecule has 0 radical (unpaired) electrons. The van der Waals surface area contributed by atoms with Crippen LogP contribution in [0.3, 0.4) is 0 Å². The maximum absolute atomic E-state index is 14.9. The third-order valence-corrected chi connectivity index (χ3v) is 7.15. The molecule has 1 aromatic carbocycles. The zero-order chi connectivity index (χ0) is 27.1. The Morgan fingerprint density at radius 3 is 2.51 bits per heavy atom. The maximum Gasteiger partial charge on any atom is 0.272 e. The molecule has 0 bridgehead atoms. The van der Waals surface area contributed by atoms with E-state index in [-0.39, 0.29) is 29.4 Å². The fraction of sp³-hybridized carbons (Fsp3) is 0.593. The average Bonchev–Trinajstić information content (AvgIpc) is 3.03. The van der Waals surface area contributed by atoms with Gasteiger partial charge in [-0.3, -0.25) is 9.59 Å². The number of ether oxygens (including phenoxy) is 1. The van der Waals surface area contributed by atoms with Crippen LogP contribution in [0.4, 0.5) is 4.39 Å². The summed E-state index contributed by atoms with van der Waals surface area (Å²) in [7, 11) is 1.98. The molecule has 0 saturated carbocycles. The molecular formula is C27H37ClFN5O3. The van der Waals surface area contributed by atoms with Crippen LogP contribution < -0.4 is 5.32 Å². The molecule has 2 unspecified atom stereocenters. The molecule has 0 spiro atoms. The van der Waals surface area contributed by atoms with E-state index < -0.39 is 23.2 Å². The van der Waals surface area contributed by atoms with Crippen LogP contribution in [0, 0.1) is 11.2 Å². The number of amides is 2. The van der Waals surface area contributed by atoms with Crippen molar-refractivity contribution in [3.05, 3.63) is 40.4 Å². The van der Waals surface area contributed by atoms with Gasteiger partial charge in [0.2, 0.25) is 5.91 Å². The highest BCUT2D eigenvalue weighted by Gasteiger charge is 2.39. The number of nitrogens with one attached hydrogen (secondary N) is 1. The molecule has 1 saturated heterocycles. The number of carbonyl (C=O) groups is 2. The summed E-state index contributed by atoms with van der Waals surface area (Å²) in [6.45, 7) is 12.5. The van der Waals surface area contributed by atoms with Gasteiger partial charge in [-0.05, 0) is 57.5 Å². The van der Waals surface area contributed by atoms with Crippen molar-refractivity contribution in [1.82, 2.24) is 24.7 Å². The molecule has 1 N–H and O–H groups in total. The average molecular weight is 534 g/mol. The smallest absolute Gasteiger partial charge is 0.272 e. The summed E-state index contributed by atoms with van der Waals surface area (Å²) in [6.07, 6.45) is 0.657. The van der Waals surface area contributed by atoms with Gasteiger partial charge >= 0.3 is 0 Å². The Hall–Kier alpha value is -2.49. The summed E-state index contributed by atoms with van der Waals surface area (Å²) in [5, 5.41) is 3.38. The standard InChI is InChI=1S/C27H37ClFN5O3/c1-16-13-33(14-17(2)37-16)26(36)23(27(3,4)5)31-25(35)22-21-15-32(6)10-7-11-34(21)24(30-22)19-12-18(28)8-9-20(19)29/h8-9,12,16-17,23H,7,10-11,13-15H2,1-6H3,(H,31,35)/t16?,17?,23-/m1/s1. The van der Waals surface area contributed by atoms with Crippen molar-refractivity contribution in [3.8, 4) is 11.4 Å². The van der Waals surface area contributed by atoms with E-state index in [4.69, 9.17) is 16.3 Å². The molecular weight excluding hydrogens is 497 g/mol. The van der Waals surface area contributed by atoms with E-state index in [1.807, 2.05) is 46.2 Å². The number of benzene rings is 1. The topological polar surface area (TPSA) is 79.7 Å². The molecule has 1 fully saturated rings. The minimum absolute atomic E-state index is 0.0846. The number of rotatable bonds is 4. The predicted molar refractivity (Wildman–Crippen MR) is 141 cm³/mol. The van der Waals surface area contributed by atoms with Crippen LogP contribution in [0.15, 0.2) is 18.2 Å². The Bertz CT molecular complexity index is 1170. The summed E-state index contributed by atoms with van der Waals surface area (Å²) in [4.78, 5) is 36.0. The van der Waals surface area contributed by atoms with E-state index in [1.165, 1.54) is 18.2 Å². The molecule has 2 aliphatic rings. The van der Waals surface area contributed by atoms with Gasteiger partial charge in [-0.25, -0.2) is 9.37 Å². The van der Waals surface area contributed by atoms with Crippen LogP contribution in [-0.4, -0.2) is 76.1 Å². The number of imidazole rings is 1. The van der Waals surface area contributed by atoms with Crippen LogP contribution in [0.5, 0.6) is 0 Å². The van der Waals surface area contributed by atoms with Crippen molar-refractivity contribution in [2.45, 2.75) is 72.4 Å². The minimum atomic E-state index is -0.773. The molecule has 3 atom stereocenters. The lowest BCUT2D eigenvalue weighted by Crippen LogP contribution is -2.58. The summed E-state index contributed by atoms with van der Waals surface area (Å²) >= 11 is 6.18. The highest BCUT2D eigenvalue weighted by atomic mass is 35.5. The number of nitrogens with zero attached hydrogens (tertiary/aromatic N) is 4. The molecule has 2 amide bonds. The lowest BCUT2D eigenvalue weighted by molar-refractivity contribution is -0.147. The fourth-order valence-electron chi connectivity index (χ4n) is 5.17. The molecule has 3 heterocycles. The summed E-state index contributed by atoms with van der Waals surface area (Å²) < 4.78 is 22.6. The largest absolute Gasteiger partial charge is 0.372 e. The van der Waals surface area contributed by atoms with Gasteiger partial charge in [0.05, 0.1) is 23.5 Å². The Labute approximate surface area is 223 Å². The van der Waals surface area contributed by atoms with Gasteiger partial charge in [0.15, 0.2) is 5.69 Å². The number of hydrogen-bond donors (Lipinski definition) is 1. The summed E-state index contributed by atoms with van der Waals surface area (Å²) in [6, 6.07) is 3.55. The molecule has 4 rings (SSSR count). The quantitative estimate of drug-likeness (QED) is 0.643. The third-order valence-electron chi connectivity index (χ3n) is 6.92. The monoisotopic (exact) mass is 533 g/mol. The normalized spacial score (nSPS) is 21.8. The van der Waals surface area contributed by atoms with Gasteiger partial charge in [0, 0.05) is 31.2 Å². The molecule has 37 heavy (non-hydrogen) atoms. The van der Waals surface area contributed by atoms with E-state index in [2.05, 4.69) is 15.2 Å². The first-order valence-corrected chi connectivity index (χ1v) is 13.2. The number of morpholine rings is 1. The van der Waals surface area contributed by atoms with Crippen molar-refractivity contribution in [2.24, 2.45) is 5.41 Å². The van der Waals surface area contributed by atoms with Crippen molar-refractivity contribution >= 4 is 23.4 Å². The first-order valence-electron chi connectivity index (χ1n) is 12.8. The van der Waals surface area contributed by atoms with Crippen LogP contribution in [0.1, 0.15) is 57.2 Å². The minimum Gasteiger partial charge on any atom is -0.372 e. The second kappa shape index (κ2) is 10.7. The first-order chi connectivity index (χ1) is 17.3. The number of fused-ring (bicyclic) bond motifs is 1. The zero-order valence-electron chi connectivity index (χ0n) is 22.5. The van der Waals surface area contributed by atoms with Crippen molar-refractivity contribution in [2.75, 3.05) is 26.7 Å². The van der Waals surface area contributed by atoms with E-state index in [9.17, 15) is 14.0 Å². The third kappa shape index (κ3) is 5.99. The van der Waals surface area contributed by atoms with Crippen molar-refractivity contribution < 1.29 is 18.7 Å². The van der Waals surface area contributed by atoms with Crippen LogP contribution in [0.2, 0.25) is 5.02 Å². The van der Waals surface area contributed by atoms with Gasteiger partial charge in [-0.2, -0.15) is 0 Å². The van der Waals surface area contributed by atoms with Crippen molar-refractivity contribution in [1.29, 1.82) is 0 Å². The second-order valence-corrected chi connectivity index (χ2v) is 11.8. The van der Waals surface area contributed by atoms with Gasteiger partial charge in [-0.15, -0.1) is 0 Å². The maximum atomic E-state index is 14.9. The summed E-state index contributed by atoms with van der Waals surface area (Å²) in [5.41, 5.74) is 0.596. The predicted octanol–water partition coefficient (Wildman–Crippen LogP) is 3.96. The molecule has 1 aromatic heterocycles. The number of hydrogen-bond acceptors (Lipinski definition) is 5. The SMILES string of the molecule is CC1CN(C(=O)[C@@H](NC(=O)c2nc(-c3cc(Cl)ccc3F)n3c2CN(C)CCC3)C(C)(C)C)CC(C)O1. The Morgan fingerprint density at radius 2 is 1.86 bits per heavy atom. The molecule has 202 valence electrons. The van der Waals surface area contributed by atoms with E-state index >= 15 is 0 Å². The summed E-state index contributed by atoms with van der Waals surface area (Å²) in [5.74, 6) is -0.688. The lowest BCUT2D eigenvalue weighted by Gasteiger charge is -2.40. The van der Waals surface area contributed by atoms with Crippen LogP contribution in [-0.2, 0) is 22.6 Å². The Balaban J connectivity index is 1.71. The van der Waals surface area contributed by atoms with E-state index in [0.717, 1.165) is 13.0 Å². The zero-order valence-corrected chi connectivity index (χ0v) is 23.2. The molecule has 10 heteroatoms. The number of halogens is 2. The molecule has 2 aliphatic heterocycles. The first kappa shape index (κ1) is 27.5. The van der Waals surface area contributed by atoms with E-state index in [1.54, 1.807) is 4.90 Å². The highest BCUT2D eigenvalue weighted by Crippen LogP contribution is 2.30. The van der Waals surface area contributed by atoms with Crippen molar-refractivity contribution in [3.63, 3.8) is 0 Å². The van der Waals surface area contributed by atoms with Crippen LogP contribution >= 0.6 is 11.6 Å².